The van der Waals surface area contributed by atoms with E-state index in [1.807, 2.05) is 0 Å². The Hall–Kier alpha value is -0.880. The lowest BCUT2D eigenvalue weighted by Crippen LogP contribution is -2.26. The summed E-state index contributed by atoms with van der Waals surface area (Å²) in [7, 11) is 0. The monoisotopic (exact) mass is 446 g/mol. The number of halogens is 1. The third-order valence-electron chi connectivity index (χ3n) is 4.78. The average molecular weight is 447 g/mol. The normalized spacial score (nSPS) is 17.5. The maximum absolute atomic E-state index is 12.0. The fourth-order valence-electron chi connectivity index (χ4n) is 3.21. The van der Waals surface area contributed by atoms with Crippen LogP contribution in [-0.2, 0) is 19.1 Å². The molecule has 5 nitrogen and oxygen atoms in total. The smallest absolute Gasteiger partial charge is 0.333 e. The number of aliphatic hydroxyl groups is 1. The van der Waals surface area contributed by atoms with E-state index in [1.165, 1.54) is 51.0 Å². The molecule has 0 aromatic carbocycles. The van der Waals surface area contributed by atoms with Crippen LogP contribution in [-0.4, -0.2) is 34.8 Å². The quantitative estimate of drug-likeness (QED) is 0.200. The highest BCUT2D eigenvalue weighted by molar-refractivity contribution is 9.09. The number of esters is 2. The first-order chi connectivity index (χ1) is 13.1. The van der Waals surface area contributed by atoms with Gasteiger partial charge in [0.25, 0.3) is 0 Å². The molecule has 2 unspecified atom stereocenters. The van der Waals surface area contributed by atoms with Crippen molar-refractivity contribution in [3.05, 3.63) is 11.6 Å². The number of rotatable bonds is 16. The Morgan fingerprint density at radius 3 is 2.22 bits per heavy atom. The molecule has 0 saturated carbocycles. The minimum Gasteiger partial charge on any atom is -0.458 e. The van der Waals surface area contributed by atoms with Crippen LogP contribution < -0.4 is 0 Å². The number of hydrogen-bond acceptors (Lipinski definition) is 5. The largest absolute Gasteiger partial charge is 0.458 e. The summed E-state index contributed by atoms with van der Waals surface area (Å²) in [4.78, 5) is 23.3. The van der Waals surface area contributed by atoms with Gasteiger partial charge in [-0.15, -0.1) is 0 Å². The van der Waals surface area contributed by atoms with Crippen LogP contribution in [0.15, 0.2) is 11.6 Å². The topological polar surface area (TPSA) is 72.8 Å². The SMILES string of the molecule is CCCCCCCCCCCCC(OC(=O)CCCBr)C1=CC(=O)OC1O. The van der Waals surface area contributed by atoms with Gasteiger partial charge in [0, 0.05) is 23.4 Å². The third kappa shape index (κ3) is 10.9. The molecular formula is C21H35BrO5. The Morgan fingerprint density at radius 1 is 1.11 bits per heavy atom. The van der Waals surface area contributed by atoms with Crippen molar-refractivity contribution in [1.29, 1.82) is 0 Å². The van der Waals surface area contributed by atoms with Gasteiger partial charge in [0.1, 0.15) is 6.10 Å². The van der Waals surface area contributed by atoms with E-state index in [4.69, 9.17) is 9.47 Å². The molecule has 6 heteroatoms. The average Bonchev–Trinajstić information content (AvgIpc) is 2.98. The molecule has 1 aliphatic heterocycles. The number of carbonyl (C=O) groups is 2. The zero-order valence-corrected chi connectivity index (χ0v) is 18.2. The Kier molecular flexibility index (Phi) is 13.5. The highest BCUT2D eigenvalue weighted by Gasteiger charge is 2.32. The van der Waals surface area contributed by atoms with E-state index >= 15 is 0 Å². The Bertz CT molecular complexity index is 463. The van der Waals surface area contributed by atoms with Crippen molar-refractivity contribution in [3.8, 4) is 0 Å². The fraction of sp³-hybridized carbons (Fsp3) is 0.810. The number of cyclic esters (lactones) is 1. The van der Waals surface area contributed by atoms with Crippen LogP contribution in [0.25, 0.3) is 0 Å². The van der Waals surface area contributed by atoms with E-state index in [-0.39, 0.29) is 5.97 Å². The lowest BCUT2D eigenvalue weighted by Gasteiger charge is -2.20. The van der Waals surface area contributed by atoms with Crippen LogP contribution >= 0.6 is 15.9 Å². The summed E-state index contributed by atoms with van der Waals surface area (Å²) >= 11 is 3.29. The van der Waals surface area contributed by atoms with E-state index in [0.717, 1.165) is 24.6 Å². The number of carbonyl (C=O) groups excluding carboxylic acids is 2. The fourth-order valence-corrected chi connectivity index (χ4v) is 3.49. The minimum atomic E-state index is -1.30. The van der Waals surface area contributed by atoms with Gasteiger partial charge in [-0.2, -0.15) is 0 Å². The molecular weight excluding hydrogens is 412 g/mol. The Morgan fingerprint density at radius 2 is 1.70 bits per heavy atom. The molecule has 1 heterocycles. The lowest BCUT2D eigenvalue weighted by atomic mass is 10.0. The zero-order valence-electron chi connectivity index (χ0n) is 16.6. The molecule has 0 saturated heterocycles. The van der Waals surface area contributed by atoms with Gasteiger partial charge in [-0.25, -0.2) is 4.79 Å². The molecule has 0 spiro atoms. The number of alkyl halides is 1. The van der Waals surface area contributed by atoms with Crippen molar-refractivity contribution < 1.29 is 24.2 Å². The van der Waals surface area contributed by atoms with Gasteiger partial charge < -0.3 is 14.6 Å². The van der Waals surface area contributed by atoms with Crippen molar-refractivity contribution in [1.82, 2.24) is 0 Å². The van der Waals surface area contributed by atoms with Gasteiger partial charge in [0.05, 0.1) is 0 Å². The van der Waals surface area contributed by atoms with Gasteiger partial charge in [-0.3, -0.25) is 4.79 Å². The standard InChI is InChI=1S/C21H35BrO5/c1-2-3-4-5-6-7-8-9-10-11-13-18(26-19(23)14-12-15-22)17-16-20(24)27-21(17)25/h16,18,21,25H,2-15H2,1H3. The molecule has 0 aromatic rings. The first-order valence-electron chi connectivity index (χ1n) is 10.4. The molecule has 2 atom stereocenters. The Balaban J connectivity index is 2.30. The number of aliphatic hydroxyl groups excluding tert-OH is 1. The first-order valence-corrected chi connectivity index (χ1v) is 11.6. The highest BCUT2D eigenvalue weighted by atomic mass is 79.9. The second kappa shape index (κ2) is 15.1. The van der Waals surface area contributed by atoms with Crippen LogP contribution in [0.2, 0.25) is 0 Å². The summed E-state index contributed by atoms with van der Waals surface area (Å²) in [6.45, 7) is 2.23. The van der Waals surface area contributed by atoms with Crippen molar-refractivity contribution in [2.45, 2.75) is 103 Å². The van der Waals surface area contributed by atoms with E-state index in [2.05, 4.69) is 22.9 Å². The molecule has 1 aliphatic rings. The van der Waals surface area contributed by atoms with E-state index in [0.29, 0.717) is 24.8 Å². The van der Waals surface area contributed by atoms with Crippen LogP contribution in [0.1, 0.15) is 90.4 Å². The van der Waals surface area contributed by atoms with Gasteiger partial charge >= 0.3 is 11.9 Å². The summed E-state index contributed by atoms with van der Waals surface area (Å²) in [5.41, 5.74) is 0.364. The number of hydrogen-bond donors (Lipinski definition) is 1. The zero-order chi connectivity index (χ0) is 19.9. The second-order valence-corrected chi connectivity index (χ2v) is 7.97. The van der Waals surface area contributed by atoms with Gasteiger partial charge in [-0.1, -0.05) is 80.6 Å². The molecule has 1 N–H and O–H groups in total. The molecule has 0 bridgehead atoms. The molecule has 1 rings (SSSR count). The predicted molar refractivity (Wildman–Crippen MR) is 110 cm³/mol. The maximum Gasteiger partial charge on any atom is 0.333 e. The Labute approximate surface area is 172 Å². The first kappa shape index (κ1) is 24.2. The predicted octanol–water partition coefficient (Wildman–Crippen LogP) is 5.19. The summed E-state index contributed by atoms with van der Waals surface area (Å²) in [6, 6.07) is 0. The van der Waals surface area contributed by atoms with E-state index in [1.54, 1.807) is 0 Å². The van der Waals surface area contributed by atoms with Crippen molar-refractivity contribution in [2.75, 3.05) is 5.33 Å². The molecule has 0 fully saturated rings. The molecule has 156 valence electrons. The van der Waals surface area contributed by atoms with E-state index in [9.17, 15) is 14.7 Å². The highest BCUT2D eigenvalue weighted by Crippen LogP contribution is 2.24. The van der Waals surface area contributed by atoms with Crippen LogP contribution in [0, 0.1) is 0 Å². The summed E-state index contributed by atoms with van der Waals surface area (Å²) in [5, 5.41) is 10.6. The summed E-state index contributed by atoms with van der Waals surface area (Å²) < 4.78 is 10.3. The summed E-state index contributed by atoms with van der Waals surface area (Å²) in [6.07, 6.45) is 13.2. The van der Waals surface area contributed by atoms with Gasteiger partial charge in [-0.05, 0) is 19.3 Å². The molecule has 27 heavy (non-hydrogen) atoms. The molecule has 0 aliphatic carbocycles. The van der Waals surface area contributed by atoms with Crippen LogP contribution in [0.5, 0.6) is 0 Å². The van der Waals surface area contributed by atoms with E-state index < -0.39 is 18.4 Å². The second-order valence-electron chi connectivity index (χ2n) is 7.18. The van der Waals surface area contributed by atoms with Gasteiger partial charge in [0.2, 0.25) is 6.29 Å². The minimum absolute atomic E-state index is 0.307. The number of ether oxygens (including phenoxy) is 2. The maximum atomic E-state index is 12.0. The van der Waals surface area contributed by atoms with Crippen LogP contribution in [0.3, 0.4) is 0 Å². The summed E-state index contributed by atoms with van der Waals surface area (Å²) in [5.74, 6) is -0.888. The van der Waals surface area contributed by atoms with Gasteiger partial charge in [0.15, 0.2) is 0 Å². The number of unbranched alkanes of at least 4 members (excludes halogenated alkanes) is 9. The third-order valence-corrected chi connectivity index (χ3v) is 5.34. The molecule has 0 radical (unpaired) electrons. The molecule has 0 aromatic heterocycles. The van der Waals surface area contributed by atoms with Crippen molar-refractivity contribution in [2.24, 2.45) is 0 Å². The van der Waals surface area contributed by atoms with Crippen molar-refractivity contribution >= 4 is 27.9 Å². The lowest BCUT2D eigenvalue weighted by molar-refractivity contribution is -0.154. The van der Waals surface area contributed by atoms with Crippen LogP contribution in [0.4, 0.5) is 0 Å². The molecule has 0 amide bonds. The van der Waals surface area contributed by atoms with Crippen molar-refractivity contribution in [3.63, 3.8) is 0 Å².